The van der Waals surface area contributed by atoms with Gasteiger partial charge in [0.05, 0.1) is 6.61 Å². The quantitative estimate of drug-likeness (QED) is 0.860. The standard InChI is InChI=1S/C18H21N3O3/c1-12-19-16(20-24-12)7-9-21(2)17(22)14-11-18(14)8-10-23-15-6-4-3-5-13(15)18/h3-6,14H,7-11H2,1-2H3/t14-,18-/m0/s1. The lowest BCUT2D eigenvalue weighted by molar-refractivity contribution is -0.131. The van der Waals surface area contributed by atoms with E-state index in [0.29, 0.717) is 31.3 Å². The van der Waals surface area contributed by atoms with Crippen LogP contribution in [-0.2, 0) is 16.6 Å². The summed E-state index contributed by atoms with van der Waals surface area (Å²) >= 11 is 0. The first kappa shape index (κ1) is 15.2. The highest BCUT2D eigenvalue weighted by Crippen LogP contribution is 2.61. The van der Waals surface area contributed by atoms with E-state index in [4.69, 9.17) is 9.26 Å². The summed E-state index contributed by atoms with van der Waals surface area (Å²) in [6.45, 7) is 3.05. The van der Waals surface area contributed by atoms with Gasteiger partial charge in [-0.1, -0.05) is 23.4 Å². The van der Waals surface area contributed by atoms with Crippen molar-refractivity contribution in [1.82, 2.24) is 15.0 Å². The summed E-state index contributed by atoms with van der Waals surface area (Å²) in [5, 5.41) is 3.88. The van der Waals surface area contributed by atoms with Gasteiger partial charge in [0, 0.05) is 43.8 Å². The van der Waals surface area contributed by atoms with E-state index in [1.54, 1.807) is 11.8 Å². The summed E-state index contributed by atoms with van der Waals surface area (Å²) in [7, 11) is 1.85. The summed E-state index contributed by atoms with van der Waals surface area (Å²) in [5.41, 5.74) is 1.17. The SMILES string of the molecule is Cc1nc(CCN(C)C(=O)[C@@H]2C[C@]23CCOc2ccccc23)no1. The minimum atomic E-state index is -0.0249. The number of likely N-dealkylation sites (N-methyl/N-ethyl adjacent to an activating group) is 1. The Labute approximate surface area is 140 Å². The molecule has 1 saturated carbocycles. The summed E-state index contributed by atoms with van der Waals surface area (Å²) in [6, 6.07) is 8.11. The summed E-state index contributed by atoms with van der Waals surface area (Å²) in [4.78, 5) is 18.8. The fourth-order valence-corrected chi connectivity index (χ4v) is 3.77. The van der Waals surface area contributed by atoms with E-state index >= 15 is 0 Å². The van der Waals surface area contributed by atoms with Gasteiger partial charge in [-0.2, -0.15) is 4.98 Å². The van der Waals surface area contributed by atoms with Crippen molar-refractivity contribution in [3.8, 4) is 5.75 Å². The molecule has 1 fully saturated rings. The van der Waals surface area contributed by atoms with Crippen molar-refractivity contribution >= 4 is 5.91 Å². The highest BCUT2D eigenvalue weighted by Gasteiger charge is 2.61. The highest BCUT2D eigenvalue weighted by molar-refractivity contribution is 5.84. The minimum absolute atomic E-state index is 0.0249. The molecule has 1 aliphatic carbocycles. The van der Waals surface area contributed by atoms with Gasteiger partial charge >= 0.3 is 0 Å². The van der Waals surface area contributed by atoms with Gasteiger partial charge in [0.15, 0.2) is 5.82 Å². The van der Waals surface area contributed by atoms with Crippen molar-refractivity contribution in [3.63, 3.8) is 0 Å². The molecule has 0 radical (unpaired) electrons. The maximum Gasteiger partial charge on any atom is 0.226 e. The first-order valence-corrected chi connectivity index (χ1v) is 8.37. The maximum absolute atomic E-state index is 12.8. The fourth-order valence-electron chi connectivity index (χ4n) is 3.77. The van der Waals surface area contributed by atoms with Crippen LogP contribution >= 0.6 is 0 Å². The third-order valence-corrected chi connectivity index (χ3v) is 5.22. The molecule has 24 heavy (non-hydrogen) atoms. The highest BCUT2D eigenvalue weighted by atomic mass is 16.5. The van der Waals surface area contributed by atoms with E-state index in [1.165, 1.54) is 5.56 Å². The molecule has 6 nitrogen and oxygen atoms in total. The Morgan fingerprint density at radius 2 is 2.25 bits per heavy atom. The van der Waals surface area contributed by atoms with E-state index in [0.717, 1.165) is 18.6 Å². The number of amides is 1. The number of hydrogen-bond acceptors (Lipinski definition) is 5. The number of para-hydroxylation sites is 1. The number of benzene rings is 1. The van der Waals surface area contributed by atoms with Crippen molar-refractivity contribution in [2.45, 2.75) is 31.6 Å². The van der Waals surface area contributed by atoms with Crippen molar-refractivity contribution in [2.24, 2.45) is 5.92 Å². The van der Waals surface area contributed by atoms with E-state index in [2.05, 4.69) is 16.2 Å². The van der Waals surface area contributed by atoms with Crippen LogP contribution in [-0.4, -0.2) is 41.1 Å². The van der Waals surface area contributed by atoms with E-state index in [-0.39, 0.29) is 17.2 Å². The lowest BCUT2D eigenvalue weighted by Crippen LogP contribution is -2.34. The molecule has 4 rings (SSSR count). The molecule has 0 bridgehead atoms. The number of ether oxygens (including phenoxy) is 1. The van der Waals surface area contributed by atoms with Gasteiger partial charge < -0.3 is 14.2 Å². The Hall–Kier alpha value is -2.37. The molecule has 2 atom stereocenters. The third-order valence-electron chi connectivity index (χ3n) is 5.22. The normalized spacial score (nSPS) is 24.3. The Bertz CT molecular complexity index is 772. The van der Waals surface area contributed by atoms with Crippen LogP contribution in [0.25, 0.3) is 0 Å². The number of carbonyl (C=O) groups is 1. The number of fused-ring (bicyclic) bond motifs is 2. The molecule has 2 aliphatic rings. The molecule has 6 heteroatoms. The largest absolute Gasteiger partial charge is 0.493 e. The van der Waals surface area contributed by atoms with Crippen LogP contribution in [0.2, 0.25) is 0 Å². The van der Waals surface area contributed by atoms with Gasteiger partial charge in [-0.05, 0) is 18.9 Å². The van der Waals surface area contributed by atoms with Crippen LogP contribution in [0.5, 0.6) is 5.75 Å². The fraction of sp³-hybridized carbons (Fsp3) is 0.500. The summed E-state index contributed by atoms with van der Waals surface area (Å²) < 4.78 is 10.7. The van der Waals surface area contributed by atoms with E-state index in [9.17, 15) is 4.79 Å². The molecular weight excluding hydrogens is 306 g/mol. The average molecular weight is 327 g/mol. The molecule has 1 amide bonds. The molecule has 0 N–H and O–H groups in total. The van der Waals surface area contributed by atoms with Crippen molar-refractivity contribution in [3.05, 3.63) is 41.5 Å². The van der Waals surface area contributed by atoms with Crippen molar-refractivity contribution < 1.29 is 14.1 Å². The lowest BCUT2D eigenvalue weighted by Gasteiger charge is -2.27. The number of carbonyl (C=O) groups excluding carboxylic acids is 1. The molecule has 0 saturated heterocycles. The number of aromatic nitrogens is 2. The first-order valence-electron chi connectivity index (χ1n) is 8.37. The Balaban J connectivity index is 1.43. The van der Waals surface area contributed by atoms with Crippen LogP contribution in [0.3, 0.4) is 0 Å². The van der Waals surface area contributed by atoms with Gasteiger partial charge in [0.2, 0.25) is 11.8 Å². The molecule has 2 heterocycles. The second-order valence-corrected chi connectivity index (χ2v) is 6.75. The molecule has 1 aromatic carbocycles. The van der Waals surface area contributed by atoms with Crippen LogP contribution in [0.1, 0.15) is 30.1 Å². The number of hydrogen-bond donors (Lipinski definition) is 0. The van der Waals surface area contributed by atoms with Crippen molar-refractivity contribution in [2.75, 3.05) is 20.2 Å². The van der Waals surface area contributed by atoms with Gasteiger partial charge in [-0.3, -0.25) is 4.79 Å². The van der Waals surface area contributed by atoms with Gasteiger partial charge in [-0.25, -0.2) is 0 Å². The molecule has 1 spiro atoms. The Morgan fingerprint density at radius 1 is 1.42 bits per heavy atom. The minimum Gasteiger partial charge on any atom is -0.493 e. The second-order valence-electron chi connectivity index (χ2n) is 6.75. The summed E-state index contributed by atoms with van der Waals surface area (Å²) in [6.07, 6.45) is 2.44. The maximum atomic E-state index is 12.8. The molecule has 1 aliphatic heterocycles. The molecule has 126 valence electrons. The molecule has 0 unspecified atom stereocenters. The molecule has 1 aromatic heterocycles. The van der Waals surface area contributed by atoms with Crippen LogP contribution in [0, 0.1) is 12.8 Å². The average Bonchev–Trinajstić information content (AvgIpc) is 3.15. The van der Waals surface area contributed by atoms with E-state index in [1.807, 2.05) is 25.2 Å². The number of nitrogens with zero attached hydrogens (tertiary/aromatic N) is 3. The monoisotopic (exact) mass is 327 g/mol. The zero-order valence-electron chi connectivity index (χ0n) is 14.0. The van der Waals surface area contributed by atoms with Crippen LogP contribution < -0.4 is 4.74 Å². The summed E-state index contributed by atoms with van der Waals surface area (Å²) in [5.74, 6) is 2.39. The topological polar surface area (TPSA) is 68.5 Å². The van der Waals surface area contributed by atoms with Crippen LogP contribution in [0.15, 0.2) is 28.8 Å². The zero-order valence-corrected chi connectivity index (χ0v) is 14.0. The smallest absolute Gasteiger partial charge is 0.226 e. The lowest BCUT2D eigenvalue weighted by atomic mass is 9.87. The van der Waals surface area contributed by atoms with Gasteiger partial charge in [0.1, 0.15) is 5.75 Å². The zero-order chi connectivity index (χ0) is 16.7. The number of aryl methyl sites for hydroxylation is 1. The van der Waals surface area contributed by atoms with Gasteiger partial charge in [0.25, 0.3) is 0 Å². The molecule has 2 aromatic rings. The van der Waals surface area contributed by atoms with Crippen molar-refractivity contribution in [1.29, 1.82) is 0 Å². The van der Waals surface area contributed by atoms with E-state index < -0.39 is 0 Å². The second kappa shape index (κ2) is 5.61. The van der Waals surface area contributed by atoms with Gasteiger partial charge in [-0.15, -0.1) is 0 Å². The predicted molar refractivity (Wildman–Crippen MR) is 86.7 cm³/mol. The first-order chi connectivity index (χ1) is 11.6. The Morgan fingerprint density at radius 3 is 3.04 bits per heavy atom. The molecular formula is C18H21N3O3. The Kier molecular flexibility index (Phi) is 3.55. The van der Waals surface area contributed by atoms with Crippen LogP contribution in [0.4, 0.5) is 0 Å². The number of rotatable bonds is 4. The third kappa shape index (κ3) is 2.46. The predicted octanol–water partition coefficient (Wildman–Crippen LogP) is 2.12.